The molecule has 0 amide bonds. The summed E-state index contributed by atoms with van der Waals surface area (Å²) in [5.41, 5.74) is 13.6. The van der Waals surface area contributed by atoms with Crippen LogP contribution in [0, 0.1) is 0 Å². The van der Waals surface area contributed by atoms with E-state index in [1.54, 1.807) is 0 Å². The van der Waals surface area contributed by atoms with E-state index in [1.165, 1.54) is 76.8 Å². The van der Waals surface area contributed by atoms with Gasteiger partial charge in [0, 0.05) is 22.5 Å². The number of anilines is 3. The fourth-order valence-corrected chi connectivity index (χ4v) is 8.65. The highest BCUT2D eigenvalue weighted by atomic mass is 15.1. The lowest BCUT2D eigenvalue weighted by Gasteiger charge is -2.28. The molecule has 1 aliphatic rings. The molecule has 9 aromatic rings. The maximum absolute atomic E-state index is 2.43. The van der Waals surface area contributed by atoms with Crippen molar-refractivity contribution >= 4 is 49.4 Å². The largest absolute Gasteiger partial charge is 0.310 e. The van der Waals surface area contributed by atoms with Crippen molar-refractivity contribution in [3.05, 3.63) is 199 Å². The molecule has 0 N–H and O–H groups in total. The fraction of sp³-hybridized carbons (Fsp3) is 0.0588. The molecule has 0 fully saturated rings. The Morgan fingerprint density at radius 3 is 1.77 bits per heavy atom. The lowest BCUT2D eigenvalue weighted by atomic mass is 9.82. The minimum Gasteiger partial charge on any atom is -0.310 e. The summed E-state index contributed by atoms with van der Waals surface area (Å²) in [5.74, 6) is 0. The van der Waals surface area contributed by atoms with Crippen LogP contribution in [0.15, 0.2) is 188 Å². The fourth-order valence-electron chi connectivity index (χ4n) is 8.65. The van der Waals surface area contributed by atoms with E-state index in [9.17, 15) is 0 Å². The highest BCUT2D eigenvalue weighted by Crippen LogP contribution is 2.51. The van der Waals surface area contributed by atoms with E-state index in [0.29, 0.717) is 0 Å². The molecule has 0 heterocycles. The van der Waals surface area contributed by atoms with Crippen LogP contribution >= 0.6 is 0 Å². The van der Waals surface area contributed by atoms with Crippen molar-refractivity contribution in [1.29, 1.82) is 0 Å². The van der Waals surface area contributed by atoms with E-state index in [0.717, 1.165) is 17.1 Å². The summed E-state index contributed by atoms with van der Waals surface area (Å²) in [6.45, 7) is 4.71. The van der Waals surface area contributed by atoms with Crippen LogP contribution in [0.3, 0.4) is 0 Å². The molecule has 10 rings (SSSR count). The molecule has 0 saturated heterocycles. The predicted molar refractivity (Wildman–Crippen MR) is 222 cm³/mol. The van der Waals surface area contributed by atoms with Gasteiger partial charge in [-0.2, -0.15) is 0 Å². The van der Waals surface area contributed by atoms with E-state index >= 15 is 0 Å². The van der Waals surface area contributed by atoms with Gasteiger partial charge in [-0.3, -0.25) is 0 Å². The first-order valence-electron chi connectivity index (χ1n) is 18.2. The van der Waals surface area contributed by atoms with Gasteiger partial charge < -0.3 is 4.90 Å². The molecule has 0 spiro atoms. The minimum atomic E-state index is -0.0978. The Morgan fingerprint density at radius 1 is 0.327 bits per heavy atom. The smallest absolute Gasteiger partial charge is 0.0467 e. The Hall–Kier alpha value is -6.44. The van der Waals surface area contributed by atoms with Crippen LogP contribution in [0.1, 0.15) is 25.0 Å². The summed E-state index contributed by atoms with van der Waals surface area (Å²) >= 11 is 0. The quantitative estimate of drug-likeness (QED) is 0.166. The highest BCUT2D eigenvalue weighted by molar-refractivity contribution is 6.13. The van der Waals surface area contributed by atoms with E-state index in [-0.39, 0.29) is 5.41 Å². The van der Waals surface area contributed by atoms with Crippen molar-refractivity contribution in [3.63, 3.8) is 0 Å². The van der Waals surface area contributed by atoms with Gasteiger partial charge in [-0.1, -0.05) is 159 Å². The SMILES string of the molecule is CC1(C)c2ccccc2-c2ccc(N(c3ccc(-c4cc5ccccc5c5ccccc45)cc3)c3cccc(-c4cccc5ccccc45)c3)cc21. The molecule has 0 aromatic heterocycles. The second kappa shape index (κ2) is 11.8. The zero-order valence-electron chi connectivity index (χ0n) is 29.3. The standard InChI is InChI=1S/C51H37N/c1-51(2)49-24-10-9-22-46(49)47-30-29-40(33-50(47)51)52(39-17-11-16-36(31-39)42-23-12-15-34-13-3-5-18-41(34)42)38-27-25-35(26-28-38)48-32-37-14-4-6-19-43(37)44-20-7-8-21-45(44)48/h3-33H,1-2H3. The van der Waals surface area contributed by atoms with Crippen LogP contribution in [-0.2, 0) is 5.41 Å². The molecule has 1 heteroatoms. The van der Waals surface area contributed by atoms with Gasteiger partial charge in [0.1, 0.15) is 0 Å². The summed E-state index contributed by atoms with van der Waals surface area (Å²) < 4.78 is 0. The second-order valence-corrected chi connectivity index (χ2v) is 14.6. The summed E-state index contributed by atoms with van der Waals surface area (Å²) in [6, 6.07) is 69.2. The lowest BCUT2D eigenvalue weighted by molar-refractivity contribution is 0.660. The van der Waals surface area contributed by atoms with Crippen molar-refractivity contribution in [2.45, 2.75) is 19.3 Å². The van der Waals surface area contributed by atoms with Crippen molar-refractivity contribution in [1.82, 2.24) is 0 Å². The van der Waals surface area contributed by atoms with Crippen LogP contribution in [0.25, 0.3) is 65.7 Å². The van der Waals surface area contributed by atoms with Gasteiger partial charge in [-0.05, 0) is 119 Å². The zero-order valence-corrected chi connectivity index (χ0v) is 29.3. The predicted octanol–water partition coefficient (Wildman–Crippen LogP) is 14.3. The van der Waals surface area contributed by atoms with E-state index in [2.05, 4.69) is 207 Å². The van der Waals surface area contributed by atoms with Crippen molar-refractivity contribution in [2.24, 2.45) is 0 Å². The second-order valence-electron chi connectivity index (χ2n) is 14.6. The molecule has 0 unspecified atom stereocenters. The van der Waals surface area contributed by atoms with Gasteiger partial charge >= 0.3 is 0 Å². The molecule has 9 aromatic carbocycles. The van der Waals surface area contributed by atoms with Crippen LogP contribution in [-0.4, -0.2) is 0 Å². The zero-order chi connectivity index (χ0) is 34.8. The summed E-state index contributed by atoms with van der Waals surface area (Å²) in [5, 5.41) is 7.62. The normalized spacial score (nSPS) is 13.0. The van der Waals surface area contributed by atoms with Gasteiger partial charge in [0.2, 0.25) is 0 Å². The maximum Gasteiger partial charge on any atom is 0.0467 e. The van der Waals surface area contributed by atoms with Gasteiger partial charge in [-0.25, -0.2) is 0 Å². The highest BCUT2D eigenvalue weighted by Gasteiger charge is 2.35. The first-order valence-corrected chi connectivity index (χ1v) is 18.2. The van der Waals surface area contributed by atoms with Crippen molar-refractivity contribution < 1.29 is 0 Å². The lowest BCUT2D eigenvalue weighted by Crippen LogP contribution is -2.16. The molecule has 0 saturated carbocycles. The number of rotatable bonds is 5. The van der Waals surface area contributed by atoms with Crippen molar-refractivity contribution in [2.75, 3.05) is 4.90 Å². The Balaban J connectivity index is 1.14. The molecule has 0 bridgehead atoms. The third kappa shape index (κ3) is 4.77. The first kappa shape index (κ1) is 30.4. The Bertz CT molecular complexity index is 2820. The molecule has 0 atom stereocenters. The molecule has 1 aliphatic carbocycles. The summed E-state index contributed by atoms with van der Waals surface area (Å²) in [7, 11) is 0. The van der Waals surface area contributed by atoms with Gasteiger partial charge in [0.15, 0.2) is 0 Å². The maximum atomic E-state index is 2.43. The first-order chi connectivity index (χ1) is 25.5. The van der Waals surface area contributed by atoms with Crippen LogP contribution < -0.4 is 4.90 Å². The third-order valence-corrected chi connectivity index (χ3v) is 11.2. The van der Waals surface area contributed by atoms with E-state index < -0.39 is 0 Å². The third-order valence-electron chi connectivity index (χ3n) is 11.2. The van der Waals surface area contributed by atoms with Crippen LogP contribution in [0.2, 0.25) is 0 Å². The molecule has 0 aliphatic heterocycles. The molecule has 52 heavy (non-hydrogen) atoms. The number of fused-ring (bicyclic) bond motifs is 7. The Labute approximate surface area is 305 Å². The van der Waals surface area contributed by atoms with Crippen molar-refractivity contribution in [3.8, 4) is 33.4 Å². The molecule has 0 radical (unpaired) electrons. The monoisotopic (exact) mass is 663 g/mol. The van der Waals surface area contributed by atoms with Crippen LogP contribution in [0.5, 0.6) is 0 Å². The minimum absolute atomic E-state index is 0.0978. The summed E-state index contributed by atoms with van der Waals surface area (Å²) in [6.07, 6.45) is 0. The van der Waals surface area contributed by atoms with Gasteiger partial charge in [0.05, 0.1) is 0 Å². The number of benzene rings is 9. The number of nitrogens with zero attached hydrogens (tertiary/aromatic N) is 1. The molecule has 1 nitrogen and oxygen atoms in total. The Kier molecular flexibility index (Phi) is 6.91. The molecule has 246 valence electrons. The van der Waals surface area contributed by atoms with Gasteiger partial charge in [0.25, 0.3) is 0 Å². The topological polar surface area (TPSA) is 3.24 Å². The van der Waals surface area contributed by atoms with E-state index in [1.807, 2.05) is 0 Å². The average molecular weight is 664 g/mol. The number of hydrogen-bond acceptors (Lipinski definition) is 1. The molecular weight excluding hydrogens is 627 g/mol. The Morgan fingerprint density at radius 2 is 0.923 bits per heavy atom. The van der Waals surface area contributed by atoms with Gasteiger partial charge in [-0.15, -0.1) is 0 Å². The van der Waals surface area contributed by atoms with E-state index in [4.69, 9.17) is 0 Å². The molecular formula is C51H37N. The summed E-state index contributed by atoms with van der Waals surface area (Å²) in [4.78, 5) is 2.43. The van der Waals surface area contributed by atoms with Crippen LogP contribution in [0.4, 0.5) is 17.1 Å². The average Bonchev–Trinajstić information content (AvgIpc) is 3.43. The number of hydrogen-bond donors (Lipinski definition) is 0.